The van der Waals surface area contributed by atoms with E-state index in [0.29, 0.717) is 0 Å². The van der Waals surface area contributed by atoms with Crippen LogP contribution in [0.2, 0.25) is 0 Å². The Bertz CT molecular complexity index is 579. The fourth-order valence-electron chi connectivity index (χ4n) is 3.06. The molecule has 0 amide bonds. The molecule has 2 aromatic rings. The monoisotopic (exact) mass is 330 g/mol. The number of hydrogen-bond donors (Lipinski definition) is 2. The highest BCUT2D eigenvalue weighted by Gasteiger charge is 2.50. The van der Waals surface area contributed by atoms with Crippen LogP contribution < -0.4 is 11.3 Å². The largest absolute Gasteiger partial charge is 0.271 e. The van der Waals surface area contributed by atoms with Crippen LogP contribution in [0.4, 0.5) is 0 Å². The molecule has 1 fully saturated rings. The maximum absolute atomic E-state index is 5.86. The fourth-order valence-corrected chi connectivity index (χ4v) is 3.50. The molecule has 1 aliphatic rings. The second-order valence-electron chi connectivity index (χ2n) is 5.58. The zero-order chi connectivity index (χ0) is 14.0. The van der Waals surface area contributed by atoms with Crippen molar-refractivity contribution in [2.45, 2.75) is 30.7 Å². The van der Waals surface area contributed by atoms with Crippen LogP contribution in [0.5, 0.6) is 0 Å². The standard InChI is InChI=1S/C17H19BrN2/c18-15-8-4-5-13(11-15)12-16(20-19)17(9-10-17)14-6-2-1-3-7-14/h1-8,11,16,20H,9-10,12,19H2. The predicted molar refractivity (Wildman–Crippen MR) is 86.3 cm³/mol. The first-order chi connectivity index (χ1) is 9.74. The Balaban J connectivity index is 1.84. The molecule has 0 bridgehead atoms. The van der Waals surface area contributed by atoms with Gasteiger partial charge in [0.05, 0.1) is 0 Å². The molecular formula is C17H19BrN2. The van der Waals surface area contributed by atoms with E-state index in [4.69, 9.17) is 5.84 Å². The first-order valence-electron chi connectivity index (χ1n) is 7.01. The van der Waals surface area contributed by atoms with Gasteiger partial charge in [-0.05, 0) is 42.5 Å². The van der Waals surface area contributed by atoms with E-state index in [9.17, 15) is 0 Å². The molecule has 3 N–H and O–H groups in total. The summed E-state index contributed by atoms with van der Waals surface area (Å²) in [5.74, 6) is 5.86. The molecule has 2 aromatic carbocycles. The van der Waals surface area contributed by atoms with Gasteiger partial charge in [0.2, 0.25) is 0 Å². The Morgan fingerprint density at radius 3 is 2.45 bits per heavy atom. The highest BCUT2D eigenvalue weighted by Crippen LogP contribution is 2.51. The molecule has 0 saturated heterocycles. The van der Waals surface area contributed by atoms with Crippen molar-refractivity contribution in [2.75, 3.05) is 0 Å². The zero-order valence-electron chi connectivity index (χ0n) is 11.4. The van der Waals surface area contributed by atoms with Gasteiger partial charge in [-0.3, -0.25) is 11.3 Å². The number of nitrogens with one attached hydrogen (secondary N) is 1. The summed E-state index contributed by atoms with van der Waals surface area (Å²) in [4.78, 5) is 0. The van der Waals surface area contributed by atoms with Gasteiger partial charge in [-0.25, -0.2) is 0 Å². The lowest BCUT2D eigenvalue weighted by Crippen LogP contribution is -2.45. The third-order valence-electron chi connectivity index (χ3n) is 4.33. The highest BCUT2D eigenvalue weighted by molar-refractivity contribution is 9.10. The summed E-state index contributed by atoms with van der Waals surface area (Å²) >= 11 is 3.53. The average Bonchev–Trinajstić information content (AvgIpc) is 3.27. The summed E-state index contributed by atoms with van der Waals surface area (Å²) in [5.41, 5.74) is 5.97. The molecule has 3 heteroatoms. The van der Waals surface area contributed by atoms with Crippen molar-refractivity contribution in [3.63, 3.8) is 0 Å². The van der Waals surface area contributed by atoms with E-state index in [2.05, 4.69) is 76.0 Å². The van der Waals surface area contributed by atoms with Crippen LogP contribution in [0.3, 0.4) is 0 Å². The van der Waals surface area contributed by atoms with Crippen LogP contribution in [-0.2, 0) is 11.8 Å². The van der Waals surface area contributed by atoms with Gasteiger partial charge in [-0.15, -0.1) is 0 Å². The van der Waals surface area contributed by atoms with Crippen LogP contribution in [0.25, 0.3) is 0 Å². The van der Waals surface area contributed by atoms with E-state index in [-0.39, 0.29) is 11.5 Å². The quantitative estimate of drug-likeness (QED) is 0.649. The van der Waals surface area contributed by atoms with Crippen molar-refractivity contribution in [3.05, 3.63) is 70.2 Å². The lowest BCUT2D eigenvalue weighted by Gasteiger charge is -2.27. The lowest BCUT2D eigenvalue weighted by molar-refractivity contribution is 0.420. The van der Waals surface area contributed by atoms with Crippen LogP contribution in [0.15, 0.2) is 59.1 Å². The second kappa shape index (κ2) is 5.68. The highest BCUT2D eigenvalue weighted by atomic mass is 79.9. The Morgan fingerprint density at radius 2 is 1.85 bits per heavy atom. The van der Waals surface area contributed by atoms with Crippen LogP contribution in [-0.4, -0.2) is 6.04 Å². The van der Waals surface area contributed by atoms with Crippen LogP contribution in [0.1, 0.15) is 24.0 Å². The van der Waals surface area contributed by atoms with Gasteiger partial charge < -0.3 is 0 Å². The molecule has 20 heavy (non-hydrogen) atoms. The summed E-state index contributed by atoms with van der Waals surface area (Å²) < 4.78 is 1.12. The van der Waals surface area contributed by atoms with Crippen LogP contribution >= 0.6 is 15.9 Å². The van der Waals surface area contributed by atoms with E-state index < -0.39 is 0 Å². The number of halogens is 1. The molecule has 104 valence electrons. The van der Waals surface area contributed by atoms with E-state index in [0.717, 1.165) is 10.9 Å². The van der Waals surface area contributed by atoms with Gasteiger partial charge >= 0.3 is 0 Å². The number of benzene rings is 2. The number of rotatable bonds is 5. The fraction of sp³-hybridized carbons (Fsp3) is 0.294. The molecule has 0 spiro atoms. The molecule has 0 radical (unpaired) electrons. The van der Waals surface area contributed by atoms with Gasteiger partial charge in [0, 0.05) is 15.9 Å². The Morgan fingerprint density at radius 1 is 1.10 bits per heavy atom. The number of nitrogens with two attached hydrogens (primary N) is 1. The summed E-state index contributed by atoms with van der Waals surface area (Å²) in [7, 11) is 0. The van der Waals surface area contributed by atoms with Crippen molar-refractivity contribution < 1.29 is 0 Å². The maximum Gasteiger partial charge on any atom is 0.0347 e. The molecule has 0 aliphatic heterocycles. The van der Waals surface area contributed by atoms with Crippen molar-refractivity contribution in [3.8, 4) is 0 Å². The summed E-state index contributed by atoms with van der Waals surface area (Å²) in [6.45, 7) is 0. The Kier molecular flexibility index (Phi) is 3.92. The molecule has 0 aromatic heterocycles. The SMILES string of the molecule is NNC(Cc1cccc(Br)c1)C1(c2ccccc2)CC1. The molecule has 3 rings (SSSR count). The van der Waals surface area contributed by atoms with E-state index in [1.807, 2.05) is 0 Å². The summed E-state index contributed by atoms with van der Waals surface area (Å²) in [6.07, 6.45) is 3.37. The third-order valence-corrected chi connectivity index (χ3v) is 4.83. The van der Waals surface area contributed by atoms with Crippen molar-refractivity contribution in [2.24, 2.45) is 5.84 Å². The third kappa shape index (κ3) is 2.66. The van der Waals surface area contributed by atoms with Gasteiger partial charge in [0.25, 0.3) is 0 Å². The predicted octanol–water partition coefficient (Wildman–Crippen LogP) is 3.56. The average molecular weight is 331 g/mol. The lowest BCUT2D eigenvalue weighted by atomic mass is 9.85. The molecular weight excluding hydrogens is 312 g/mol. The molecule has 2 nitrogen and oxygen atoms in total. The van der Waals surface area contributed by atoms with E-state index >= 15 is 0 Å². The molecule has 1 atom stereocenters. The first-order valence-corrected chi connectivity index (χ1v) is 7.80. The second-order valence-corrected chi connectivity index (χ2v) is 6.49. The zero-order valence-corrected chi connectivity index (χ0v) is 12.9. The van der Waals surface area contributed by atoms with Crippen molar-refractivity contribution in [1.82, 2.24) is 5.43 Å². The topological polar surface area (TPSA) is 38.0 Å². The van der Waals surface area contributed by atoms with E-state index in [1.165, 1.54) is 24.0 Å². The minimum atomic E-state index is 0.207. The van der Waals surface area contributed by atoms with Crippen molar-refractivity contribution in [1.29, 1.82) is 0 Å². The smallest absolute Gasteiger partial charge is 0.0347 e. The molecule has 1 aliphatic carbocycles. The summed E-state index contributed by atoms with van der Waals surface area (Å²) in [6, 6.07) is 19.5. The Hall–Kier alpha value is -1.16. The van der Waals surface area contributed by atoms with Gasteiger partial charge in [-0.2, -0.15) is 0 Å². The molecule has 1 unspecified atom stereocenters. The molecule has 0 heterocycles. The van der Waals surface area contributed by atoms with E-state index in [1.54, 1.807) is 0 Å². The number of hydrogen-bond acceptors (Lipinski definition) is 2. The van der Waals surface area contributed by atoms with Gasteiger partial charge in [0.15, 0.2) is 0 Å². The van der Waals surface area contributed by atoms with Crippen molar-refractivity contribution >= 4 is 15.9 Å². The number of hydrazine groups is 1. The first kappa shape index (κ1) is 13.8. The van der Waals surface area contributed by atoms with Gasteiger partial charge in [0.1, 0.15) is 0 Å². The minimum Gasteiger partial charge on any atom is -0.271 e. The van der Waals surface area contributed by atoms with Crippen LogP contribution in [0, 0.1) is 0 Å². The normalized spacial score (nSPS) is 17.7. The Labute approximate surface area is 128 Å². The summed E-state index contributed by atoms with van der Waals surface area (Å²) in [5, 5.41) is 0. The maximum atomic E-state index is 5.86. The minimum absolute atomic E-state index is 0.207. The van der Waals surface area contributed by atoms with Gasteiger partial charge in [-0.1, -0.05) is 58.4 Å². The molecule has 1 saturated carbocycles.